The van der Waals surface area contributed by atoms with Crippen LogP contribution in [0.2, 0.25) is 0 Å². The molecule has 2 aliphatic rings. The van der Waals surface area contributed by atoms with E-state index in [1.165, 1.54) is 24.3 Å². The molecule has 0 saturated carbocycles. The fourth-order valence-electron chi connectivity index (χ4n) is 4.91. The zero-order valence-corrected chi connectivity index (χ0v) is 21.9. The van der Waals surface area contributed by atoms with Crippen molar-refractivity contribution in [3.63, 3.8) is 0 Å². The molecule has 2 saturated heterocycles. The number of ether oxygens (including phenoxy) is 2. The SMILES string of the molecule is CCOc1cc(OC2CCN(C(=O)CCN3CCN(c4ccc(C(F)(F)F)cc4)CC3)CC2)ccc1[N+](=O)[O-]. The second kappa shape index (κ2) is 12.5. The summed E-state index contributed by atoms with van der Waals surface area (Å²) in [6.45, 7) is 6.72. The van der Waals surface area contributed by atoms with E-state index in [9.17, 15) is 28.1 Å². The molecule has 0 aliphatic carbocycles. The number of carbonyl (C=O) groups is 1. The molecule has 2 aliphatic heterocycles. The maximum absolute atomic E-state index is 12.8. The molecule has 2 aromatic carbocycles. The van der Waals surface area contributed by atoms with Crippen molar-refractivity contribution >= 4 is 17.3 Å². The number of hydrogen-bond donors (Lipinski definition) is 0. The van der Waals surface area contributed by atoms with E-state index < -0.39 is 16.7 Å². The topological polar surface area (TPSA) is 88.4 Å². The third-order valence-electron chi connectivity index (χ3n) is 7.10. The highest BCUT2D eigenvalue weighted by Gasteiger charge is 2.30. The summed E-state index contributed by atoms with van der Waals surface area (Å²) < 4.78 is 49.8. The minimum absolute atomic E-state index is 0.0904. The summed E-state index contributed by atoms with van der Waals surface area (Å²) >= 11 is 0. The molecule has 12 heteroatoms. The van der Waals surface area contributed by atoms with Crippen molar-refractivity contribution in [1.82, 2.24) is 9.80 Å². The Morgan fingerprint density at radius 3 is 2.28 bits per heavy atom. The number of halogens is 3. The lowest BCUT2D eigenvalue weighted by Crippen LogP contribution is -2.48. The molecule has 0 spiro atoms. The normalized spacial score (nSPS) is 17.2. The third kappa shape index (κ3) is 7.53. The molecule has 0 N–H and O–H groups in total. The zero-order chi connectivity index (χ0) is 28.0. The van der Waals surface area contributed by atoms with Crippen molar-refractivity contribution in [1.29, 1.82) is 0 Å². The highest BCUT2D eigenvalue weighted by Crippen LogP contribution is 2.33. The smallest absolute Gasteiger partial charge is 0.416 e. The van der Waals surface area contributed by atoms with Gasteiger partial charge in [-0.1, -0.05) is 0 Å². The molecule has 4 rings (SSSR count). The van der Waals surface area contributed by atoms with Crippen LogP contribution in [-0.4, -0.2) is 79.2 Å². The molecule has 2 aromatic rings. The molecule has 212 valence electrons. The van der Waals surface area contributed by atoms with Crippen LogP contribution in [-0.2, 0) is 11.0 Å². The van der Waals surface area contributed by atoms with Crippen LogP contribution in [0.1, 0.15) is 31.7 Å². The first-order valence-electron chi connectivity index (χ1n) is 13.1. The van der Waals surface area contributed by atoms with Crippen molar-refractivity contribution in [3.8, 4) is 11.5 Å². The molecule has 0 radical (unpaired) electrons. The van der Waals surface area contributed by atoms with E-state index in [1.807, 2.05) is 4.90 Å². The van der Waals surface area contributed by atoms with Crippen LogP contribution in [0.3, 0.4) is 0 Å². The fourth-order valence-corrected chi connectivity index (χ4v) is 4.91. The first-order chi connectivity index (χ1) is 18.6. The molecule has 0 atom stereocenters. The number of carbonyl (C=O) groups excluding carboxylic acids is 1. The molecular formula is C27H33F3N4O5. The average Bonchev–Trinajstić information content (AvgIpc) is 2.92. The predicted octanol–water partition coefficient (Wildman–Crippen LogP) is 4.59. The number of nitro groups is 1. The van der Waals surface area contributed by atoms with Crippen LogP contribution in [0, 0.1) is 10.1 Å². The maximum atomic E-state index is 12.8. The van der Waals surface area contributed by atoms with Crippen molar-refractivity contribution in [2.24, 2.45) is 0 Å². The predicted molar refractivity (Wildman–Crippen MR) is 139 cm³/mol. The van der Waals surface area contributed by atoms with Crippen molar-refractivity contribution in [2.45, 2.75) is 38.5 Å². The van der Waals surface area contributed by atoms with Gasteiger partial charge in [-0.3, -0.25) is 19.8 Å². The molecule has 1 amide bonds. The molecule has 0 unspecified atom stereocenters. The number of likely N-dealkylation sites (tertiary alicyclic amines) is 1. The first kappa shape index (κ1) is 28.5. The van der Waals surface area contributed by atoms with E-state index in [0.29, 0.717) is 64.3 Å². The van der Waals surface area contributed by atoms with Gasteiger partial charge in [-0.25, -0.2) is 0 Å². The first-order valence-corrected chi connectivity index (χ1v) is 13.1. The summed E-state index contributed by atoms with van der Waals surface area (Å²) in [4.78, 5) is 29.6. The minimum atomic E-state index is -4.34. The summed E-state index contributed by atoms with van der Waals surface area (Å²) in [7, 11) is 0. The molecule has 0 aromatic heterocycles. The second-order valence-corrected chi connectivity index (χ2v) is 9.64. The number of nitrogens with zero attached hydrogens (tertiary/aromatic N) is 4. The molecular weight excluding hydrogens is 517 g/mol. The van der Waals surface area contributed by atoms with Gasteiger partial charge in [0.1, 0.15) is 11.9 Å². The van der Waals surface area contributed by atoms with Gasteiger partial charge < -0.3 is 19.3 Å². The molecule has 2 heterocycles. The summed E-state index contributed by atoms with van der Waals surface area (Å²) in [5.41, 5.74) is 0.0123. The van der Waals surface area contributed by atoms with Gasteiger partial charge in [-0.05, 0) is 37.3 Å². The van der Waals surface area contributed by atoms with Gasteiger partial charge >= 0.3 is 11.9 Å². The summed E-state index contributed by atoms with van der Waals surface area (Å²) in [5, 5.41) is 11.2. The fraction of sp³-hybridized carbons (Fsp3) is 0.519. The Balaban J connectivity index is 1.17. The number of anilines is 1. The van der Waals surface area contributed by atoms with E-state index in [2.05, 4.69) is 9.80 Å². The van der Waals surface area contributed by atoms with Crippen LogP contribution in [0.5, 0.6) is 11.5 Å². The van der Waals surface area contributed by atoms with Gasteiger partial charge in [0, 0.05) is 82.9 Å². The number of piperidine rings is 1. The van der Waals surface area contributed by atoms with E-state index >= 15 is 0 Å². The standard InChI is InChI=1S/C27H33F3N4O5/c1-2-38-25-19-23(7-8-24(25)34(36)37)39-22-9-13-33(14-10-22)26(35)11-12-31-15-17-32(18-16-31)21-5-3-20(4-6-21)27(28,29)30/h3-8,19,22H,2,9-18H2,1H3. The Labute approximate surface area is 225 Å². The number of rotatable bonds is 9. The number of amides is 1. The van der Waals surface area contributed by atoms with E-state index in [0.717, 1.165) is 30.9 Å². The average molecular weight is 551 g/mol. The minimum Gasteiger partial charge on any atom is -0.490 e. The number of benzene rings is 2. The summed E-state index contributed by atoms with van der Waals surface area (Å²) in [6, 6.07) is 9.72. The lowest BCUT2D eigenvalue weighted by molar-refractivity contribution is -0.385. The second-order valence-electron chi connectivity index (χ2n) is 9.64. The molecule has 2 fully saturated rings. The zero-order valence-electron chi connectivity index (χ0n) is 21.9. The van der Waals surface area contributed by atoms with Gasteiger partial charge in [0.25, 0.3) is 0 Å². The van der Waals surface area contributed by atoms with E-state index in [1.54, 1.807) is 13.0 Å². The van der Waals surface area contributed by atoms with E-state index in [-0.39, 0.29) is 23.4 Å². The Kier molecular flexibility index (Phi) is 9.16. The monoisotopic (exact) mass is 550 g/mol. The summed E-state index contributed by atoms with van der Waals surface area (Å²) in [6.07, 6.45) is -2.70. The Hall–Kier alpha value is -3.54. The van der Waals surface area contributed by atoms with Gasteiger partial charge in [0.15, 0.2) is 0 Å². The Morgan fingerprint density at radius 2 is 1.69 bits per heavy atom. The largest absolute Gasteiger partial charge is 0.490 e. The van der Waals surface area contributed by atoms with Crippen LogP contribution < -0.4 is 14.4 Å². The number of hydrogen-bond acceptors (Lipinski definition) is 7. The lowest BCUT2D eigenvalue weighted by Gasteiger charge is -2.37. The quantitative estimate of drug-likeness (QED) is 0.333. The van der Waals surface area contributed by atoms with Crippen LogP contribution in [0.15, 0.2) is 42.5 Å². The Morgan fingerprint density at radius 1 is 1.03 bits per heavy atom. The molecule has 39 heavy (non-hydrogen) atoms. The number of piperazine rings is 1. The summed E-state index contributed by atoms with van der Waals surface area (Å²) in [5.74, 6) is 0.768. The lowest BCUT2D eigenvalue weighted by atomic mass is 10.1. The van der Waals surface area contributed by atoms with Crippen molar-refractivity contribution in [3.05, 3.63) is 58.1 Å². The van der Waals surface area contributed by atoms with Crippen LogP contribution in [0.4, 0.5) is 24.5 Å². The van der Waals surface area contributed by atoms with E-state index in [4.69, 9.17) is 9.47 Å². The van der Waals surface area contributed by atoms with Gasteiger partial charge in [-0.2, -0.15) is 13.2 Å². The van der Waals surface area contributed by atoms with Crippen molar-refractivity contribution in [2.75, 3.05) is 57.3 Å². The van der Waals surface area contributed by atoms with Crippen LogP contribution in [0.25, 0.3) is 0 Å². The highest BCUT2D eigenvalue weighted by atomic mass is 19.4. The number of nitro benzene ring substituents is 1. The highest BCUT2D eigenvalue weighted by molar-refractivity contribution is 5.76. The van der Waals surface area contributed by atoms with Crippen molar-refractivity contribution < 1.29 is 32.4 Å². The molecule has 0 bridgehead atoms. The molecule has 9 nitrogen and oxygen atoms in total. The maximum Gasteiger partial charge on any atom is 0.416 e. The number of alkyl halides is 3. The Bertz CT molecular complexity index is 1130. The van der Waals surface area contributed by atoms with Gasteiger partial charge in [0.2, 0.25) is 11.7 Å². The van der Waals surface area contributed by atoms with Gasteiger partial charge in [-0.15, -0.1) is 0 Å². The third-order valence-corrected chi connectivity index (χ3v) is 7.10. The van der Waals surface area contributed by atoms with Crippen LogP contribution >= 0.6 is 0 Å². The van der Waals surface area contributed by atoms with Gasteiger partial charge in [0.05, 0.1) is 17.1 Å².